The van der Waals surface area contributed by atoms with Crippen LogP contribution in [0.3, 0.4) is 0 Å². The molecule has 2 amide bonds. The number of furan rings is 1. The second-order valence-electron chi connectivity index (χ2n) is 6.78. The monoisotopic (exact) mass is 412 g/mol. The van der Waals surface area contributed by atoms with Crippen LogP contribution in [0.1, 0.15) is 59.2 Å². The Kier molecular flexibility index (Phi) is 6.60. The molecule has 2 aromatic carbocycles. The van der Waals surface area contributed by atoms with Crippen LogP contribution < -0.4 is 10.6 Å². The summed E-state index contributed by atoms with van der Waals surface area (Å²) in [4.78, 5) is 26.0. The molecule has 3 rings (SSSR count). The Morgan fingerprint density at radius 1 is 1.00 bits per heavy atom. The molecule has 29 heavy (non-hydrogen) atoms. The molecule has 1 aromatic heterocycles. The zero-order valence-electron chi connectivity index (χ0n) is 16.9. The zero-order valence-corrected chi connectivity index (χ0v) is 17.7. The Labute approximate surface area is 175 Å². The van der Waals surface area contributed by atoms with E-state index < -0.39 is 5.91 Å². The maximum Gasteiger partial charge on any atom is 0.292 e. The highest BCUT2D eigenvalue weighted by Crippen LogP contribution is 2.31. The van der Waals surface area contributed by atoms with E-state index in [9.17, 15) is 9.59 Å². The number of hydrogen-bond acceptors (Lipinski definition) is 3. The molecule has 1 heterocycles. The van der Waals surface area contributed by atoms with E-state index in [0.717, 1.165) is 24.0 Å². The third-order valence-corrected chi connectivity index (χ3v) is 5.23. The Balaban J connectivity index is 2.07. The van der Waals surface area contributed by atoms with E-state index in [1.807, 2.05) is 45.0 Å². The van der Waals surface area contributed by atoms with Gasteiger partial charge in [0.2, 0.25) is 5.76 Å². The van der Waals surface area contributed by atoms with E-state index in [1.165, 1.54) is 0 Å². The smallest absolute Gasteiger partial charge is 0.292 e. The summed E-state index contributed by atoms with van der Waals surface area (Å²) >= 11 is 6.35. The largest absolute Gasteiger partial charge is 0.450 e. The Morgan fingerprint density at radius 3 is 2.45 bits per heavy atom. The molecule has 0 fully saturated rings. The van der Waals surface area contributed by atoms with Crippen molar-refractivity contribution in [2.24, 2.45) is 0 Å². The van der Waals surface area contributed by atoms with Gasteiger partial charge in [-0.3, -0.25) is 9.59 Å². The quantitative estimate of drug-likeness (QED) is 0.530. The molecule has 0 saturated heterocycles. The van der Waals surface area contributed by atoms with Crippen LogP contribution >= 0.6 is 11.6 Å². The van der Waals surface area contributed by atoms with E-state index in [2.05, 4.69) is 10.6 Å². The standard InChI is InChI=1S/C23H25ClN2O3/c1-4-13-25-22(27)19-16-9-7-8-10-18(16)29-21(19)23(28)26-20-14(5-2)11-12-17(24)15(20)6-3/h7-12H,4-6,13H2,1-3H3,(H,25,27)(H,26,28). The summed E-state index contributed by atoms with van der Waals surface area (Å²) in [5.41, 5.74) is 3.29. The first-order valence-electron chi connectivity index (χ1n) is 9.93. The van der Waals surface area contributed by atoms with Gasteiger partial charge in [-0.2, -0.15) is 0 Å². The number of aryl methyl sites for hydroxylation is 1. The average Bonchev–Trinajstić information content (AvgIpc) is 3.12. The lowest BCUT2D eigenvalue weighted by Crippen LogP contribution is -2.26. The SMILES string of the molecule is CCCNC(=O)c1c(C(=O)Nc2c(CC)ccc(Cl)c2CC)oc2ccccc12. The molecule has 0 aliphatic heterocycles. The highest BCUT2D eigenvalue weighted by Gasteiger charge is 2.26. The van der Waals surface area contributed by atoms with Gasteiger partial charge in [-0.1, -0.05) is 56.6 Å². The van der Waals surface area contributed by atoms with Crippen molar-refractivity contribution in [1.29, 1.82) is 0 Å². The number of benzene rings is 2. The second kappa shape index (κ2) is 9.14. The van der Waals surface area contributed by atoms with Crippen LogP contribution in [0.2, 0.25) is 5.02 Å². The molecule has 0 atom stereocenters. The van der Waals surface area contributed by atoms with Crippen LogP contribution in [0, 0.1) is 0 Å². The van der Waals surface area contributed by atoms with Crippen molar-refractivity contribution in [2.45, 2.75) is 40.0 Å². The fourth-order valence-corrected chi connectivity index (χ4v) is 3.69. The fourth-order valence-electron chi connectivity index (χ4n) is 3.39. The van der Waals surface area contributed by atoms with Crippen LogP contribution in [-0.4, -0.2) is 18.4 Å². The molecule has 0 saturated carbocycles. The fraction of sp³-hybridized carbons (Fsp3) is 0.304. The van der Waals surface area contributed by atoms with E-state index in [4.69, 9.17) is 16.0 Å². The Bertz CT molecular complexity index is 1060. The number of fused-ring (bicyclic) bond motifs is 1. The number of hydrogen-bond donors (Lipinski definition) is 2. The van der Waals surface area contributed by atoms with Crippen molar-refractivity contribution in [3.63, 3.8) is 0 Å². The van der Waals surface area contributed by atoms with Gasteiger partial charge in [0.05, 0.1) is 5.56 Å². The lowest BCUT2D eigenvalue weighted by Gasteiger charge is -2.15. The highest BCUT2D eigenvalue weighted by atomic mass is 35.5. The molecule has 0 spiro atoms. The van der Waals surface area contributed by atoms with E-state index >= 15 is 0 Å². The van der Waals surface area contributed by atoms with Gasteiger partial charge in [0.1, 0.15) is 5.58 Å². The third-order valence-electron chi connectivity index (χ3n) is 4.88. The average molecular weight is 413 g/mol. The maximum absolute atomic E-state index is 13.2. The summed E-state index contributed by atoms with van der Waals surface area (Å²) in [6.07, 6.45) is 2.21. The number of rotatable bonds is 7. The van der Waals surface area contributed by atoms with E-state index in [0.29, 0.717) is 34.6 Å². The van der Waals surface area contributed by atoms with Crippen LogP contribution in [0.15, 0.2) is 40.8 Å². The predicted octanol–water partition coefficient (Wildman–Crippen LogP) is 5.60. The van der Waals surface area contributed by atoms with Gasteiger partial charge < -0.3 is 15.1 Å². The van der Waals surface area contributed by atoms with Crippen molar-refractivity contribution >= 4 is 40.1 Å². The van der Waals surface area contributed by atoms with Crippen LogP contribution in [0.5, 0.6) is 0 Å². The number of carbonyl (C=O) groups excluding carboxylic acids is 2. The summed E-state index contributed by atoms with van der Waals surface area (Å²) in [6, 6.07) is 10.9. The van der Waals surface area contributed by atoms with Crippen molar-refractivity contribution in [3.05, 3.63) is 63.9 Å². The zero-order chi connectivity index (χ0) is 21.0. The predicted molar refractivity (Wildman–Crippen MR) is 117 cm³/mol. The minimum absolute atomic E-state index is 0.00360. The molecule has 5 nitrogen and oxygen atoms in total. The van der Waals surface area contributed by atoms with E-state index in [1.54, 1.807) is 12.1 Å². The summed E-state index contributed by atoms with van der Waals surface area (Å²) in [5, 5.41) is 7.01. The molecule has 0 unspecified atom stereocenters. The van der Waals surface area contributed by atoms with Crippen molar-refractivity contribution < 1.29 is 14.0 Å². The summed E-state index contributed by atoms with van der Waals surface area (Å²) in [6.45, 7) is 6.50. The molecule has 0 bridgehead atoms. The molecule has 152 valence electrons. The molecule has 3 aromatic rings. The molecule has 0 radical (unpaired) electrons. The van der Waals surface area contributed by atoms with Gasteiger partial charge >= 0.3 is 0 Å². The normalized spacial score (nSPS) is 10.9. The summed E-state index contributed by atoms with van der Waals surface area (Å²) in [7, 11) is 0. The molecule has 6 heteroatoms. The first-order valence-corrected chi connectivity index (χ1v) is 10.3. The number of amides is 2. The first kappa shape index (κ1) is 20.9. The van der Waals surface area contributed by atoms with Crippen LogP contribution in [-0.2, 0) is 12.8 Å². The molecule has 0 aliphatic rings. The lowest BCUT2D eigenvalue weighted by molar-refractivity contribution is 0.0933. The van der Waals surface area contributed by atoms with Crippen molar-refractivity contribution in [3.8, 4) is 0 Å². The molecular formula is C23H25ClN2O3. The molecular weight excluding hydrogens is 388 g/mol. The van der Waals surface area contributed by atoms with Gasteiger partial charge in [0.15, 0.2) is 0 Å². The lowest BCUT2D eigenvalue weighted by atomic mass is 10.0. The van der Waals surface area contributed by atoms with E-state index in [-0.39, 0.29) is 17.2 Å². The van der Waals surface area contributed by atoms with Gasteiger partial charge in [-0.05, 0) is 42.5 Å². The number of anilines is 1. The highest BCUT2D eigenvalue weighted by molar-refractivity contribution is 6.32. The first-order chi connectivity index (χ1) is 14.0. The molecule has 2 N–H and O–H groups in total. The maximum atomic E-state index is 13.2. The number of halogens is 1. The Hall–Kier alpha value is -2.79. The van der Waals surface area contributed by atoms with Crippen molar-refractivity contribution in [1.82, 2.24) is 5.32 Å². The van der Waals surface area contributed by atoms with Crippen molar-refractivity contribution in [2.75, 3.05) is 11.9 Å². The van der Waals surface area contributed by atoms with Crippen LogP contribution in [0.25, 0.3) is 11.0 Å². The van der Waals surface area contributed by atoms with Crippen LogP contribution in [0.4, 0.5) is 5.69 Å². The molecule has 0 aliphatic carbocycles. The van der Waals surface area contributed by atoms with Gasteiger partial charge in [0, 0.05) is 22.6 Å². The minimum Gasteiger partial charge on any atom is -0.450 e. The van der Waals surface area contributed by atoms with Gasteiger partial charge in [-0.25, -0.2) is 0 Å². The number of nitrogens with one attached hydrogen (secondary N) is 2. The topological polar surface area (TPSA) is 71.3 Å². The second-order valence-corrected chi connectivity index (χ2v) is 7.19. The third kappa shape index (κ3) is 4.15. The Morgan fingerprint density at radius 2 is 1.76 bits per heavy atom. The van der Waals surface area contributed by atoms with Gasteiger partial charge in [0.25, 0.3) is 11.8 Å². The van der Waals surface area contributed by atoms with Gasteiger partial charge in [-0.15, -0.1) is 0 Å². The number of para-hydroxylation sites is 1. The minimum atomic E-state index is -0.463. The summed E-state index contributed by atoms with van der Waals surface area (Å²) < 4.78 is 5.81. The number of carbonyl (C=O) groups is 2. The summed E-state index contributed by atoms with van der Waals surface area (Å²) in [5.74, 6) is -0.780.